The van der Waals surface area contributed by atoms with Gasteiger partial charge in [-0.15, -0.1) is 5.10 Å². The summed E-state index contributed by atoms with van der Waals surface area (Å²) in [6.45, 7) is 2.35. The van der Waals surface area contributed by atoms with Gasteiger partial charge in [-0.05, 0) is 42.1 Å². The van der Waals surface area contributed by atoms with Gasteiger partial charge in [-0.1, -0.05) is 18.2 Å². The lowest BCUT2D eigenvalue weighted by atomic mass is 9.68. The zero-order chi connectivity index (χ0) is 17.6. The van der Waals surface area contributed by atoms with Crippen molar-refractivity contribution in [3.8, 4) is 0 Å². The summed E-state index contributed by atoms with van der Waals surface area (Å²) in [4.78, 5) is 10.9. The number of carbonyl (C=O) groups is 1. The fourth-order valence-corrected chi connectivity index (χ4v) is 3.49. The summed E-state index contributed by atoms with van der Waals surface area (Å²) in [6, 6.07) is 5.67. The molecule has 1 unspecified atom stereocenters. The number of carboxylic acid groups (broad SMARTS) is 1. The van der Waals surface area contributed by atoms with Crippen LogP contribution in [0.2, 0.25) is 0 Å². The van der Waals surface area contributed by atoms with Crippen molar-refractivity contribution in [3.05, 3.63) is 47.1 Å². The van der Waals surface area contributed by atoms with Gasteiger partial charge in [-0.25, -0.2) is 4.79 Å². The van der Waals surface area contributed by atoms with Crippen LogP contribution in [0.3, 0.4) is 0 Å². The van der Waals surface area contributed by atoms with Crippen LogP contribution < -0.4 is 5.32 Å². The first-order valence-corrected chi connectivity index (χ1v) is 8.02. The number of aryl methyl sites for hydroxylation is 1. The second kappa shape index (κ2) is 5.98. The average molecular weight is 337 g/mol. The molecule has 3 N–H and O–H groups in total. The Labute approximate surface area is 144 Å². The zero-order valence-corrected chi connectivity index (χ0v) is 13.6. The molecule has 25 heavy (non-hydrogen) atoms. The van der Waals surface area contributed by atoms with E-state index in [0.717, 1.165) is 28.4 Å². The predicted molar refractivity (Wildman–Crippen MR) is 94.0 cm³/mol. The monoisotopic (exact) mass is 337 g/mol. The molecule has 7 nitrogen and oxygen atoms in total. The first-order chi connectivity index (χ1) is 12.0. The molecule has 1 amide bonds. The number of amides is 1. The largest absolute Gasteiger partial charge is 0.487 e. The van der Waals surface area contributed by atoms with Crippen molar-refractivity contribution in [1.29, 1.82) is 0 Å². The second-order valence-corrected chi connectivity index (χ2v) is 6.21. The number of hydrogen-bond donors (Lipinski definition) is 3. The molecule has 1 aromatic heterocycles. The van der Waals surface area contributed by atoms with E-state index in [0.29, 0.717) is 17.7 Å². The number of anilines is 1. The lowest BCUT2D eigenvalue weighted by molar-refractivity contribution is 0.209. The molecule has 2 aromatic rings. The van der Waals surface area contributed by atoms with Crippen molar-refractivity contribution in [2.24, 2.45) is 5.92 Å². The molecule has 126 valence electrons. The molecule has 0 saturated carbocycles. The van der Waals surface area contributed by atoms with Gasteiger partial charge in [0.15, 0.2) is 5.82 Å². The van der Waals surface area contributed by atoms with Crippen LogP contribution in [0, 0.1) is 12.8 Å². The number of nitrogens with one attached hydrogen (secondary N) is 1. The third-order valence-electron chi connectivity index (χ3n) is 4.68. The predicted octanol–water partition coefficient (Wildman–Crippen LogP) is 2.41. The molecule has 2 heterocycles. The Hall–Kier alpha value is -2.71. The molecule has 0 bridgehead atoms. The van der Waals surface area contributed by atoms with Crippen LogP contribution in [-0.4, -0.2) is 40.1 Å². The molecule has 8 heteroatoms. The SMILES string of the molecule is Cc1nnc(NC(=O)O)c2ccc(C3=C4B(O)OCC4CC=C3)cc12. The van der Waals surface area contributed by atoms with Gasteiger partial charge in [0.2, 0.25) is 0 Å². The first kappa shape index (κ1) is 15.8. The van der Waals surface area contributed by atoms with Gasteiger partial charge in [-0.3, -0.25) is 5.32 Å². The van der Waals surface area contributed by atoms with Crippen LogP contribution in [0.15, 0.2) is 35.8 Å². The topological polar surface area (TPSA) is 105 Å². The summed E-state index contributed by atoms with van der Waals surface area (Å²) in [5, 5.41) is 30.8. The van der Waals surface area contributed by atoms with Gasteiger partial charge in [0, 0.05) is 23.3 Å². The van der Waals surface area contributed by atoms with Gasteiger partial charge in [0.05, 0.1) is 5.69 Å². The highest BCUT2D eigenvalue weighted by molar-refractivity contribution is 6.55. The van der Waals surface area contributed by atoms with E-state index in [1.807, 2.05) is 31.2 Å². The molecule has 1 saturated heterocycles. The lowest BCUT2D eigenvalue weighted by Gasteiger charge is -2.18. The van der Waals surface area contributed by atoms with E-state index in [1.165, 1.54) is 0 Å². The smallest absolute Gasteiger partial charge is 0.465 e. The van der Waals surface area contributed by atoms with E-state index in [9.17, 15) is 9.82 Å². The third-order valence-corrected chi connectivity index (χ3v) is 4.68. The number of benzene rings is 1. The molecule has 2 aliphatic rings. The Morgan fingerprint density at radius 1 is 1.36 bits per heavy atom. The normalized spacial score (nSPS) is 19.4. The van der Waals surface area contributed by atoms with Crippen molar-refractivity contribution in [3.63, 3.8) is 0 Å². The average Bonchev–Trinajstić information content (AvgIpc) is 2.98. The molecule has 1 fully saturated rings. The summed E-state index contributed by atoms with van der Waals surface area (Å²) < 4.78 is 5.39. The van der Waals surface area contributed by atoms with Gasteiger partial charge in [0.1, 0.15) is 0 Å². The fourth-order valence-electron chi connectivity index (χ4n) is 3.49. The van der Waals surface area contributed by atoms with Crippen molar-refractivity contribution >= 4 is 35.4 Å². The van der Waals surface area contributed by atoms with Crippen LogP contribution >= 0.6 is 0 Å². The molecule has 4 rings (SSSR count). The van der Waals surface area contributed by atoms with Crippen molar-refractivity contribution < 1.29 is 19.6 Å². The number of aromatic nitrogens is 2. The Kier molecular flexibility index (Phi) is 3.78. The number of rotatable bonds is 2. The standard InChI is InChI=1S/C17H16BN3O4/c1-9-14-7-10(5-6-13(14)16(21-20-9)19-17(22)23)12-4-2-3-11-8-25-18(24)15(11)12/h2,4-7,11,24H,3,8H2,1H3,(H,19,21)(H,22,23). The van der Waals surface area contributed by atoms with Crippen LogP contribution in [0.4, 0.5) is 10.6 Å². The summed E-state index contributed by atoms with van der Waals surface area (Å²) in [7, 11) is -0.874. The Morgan fingerprint density at radius 2 is 2.20 bits per heavy atom. The van der Waals surface area contributed by atoms with E-state index in [2.05, 4.69) is 21.6 Å². The molecule has 1 atom stereocenters. The molecule has 1 aliphatic carbocycles. The molecule has 0 spiro atoms. The molecule has 1 aliphatic heterocycles. The highest BCUT2D eigenvalue weighted by Gasteiger charge is 2.37. The van der Waals surface area contributed by atoms with Crippen LogP contribution in [0.25, 0.3) is 16.3 Å². The molecule has 1 aromatic carbocycles. The van der Waals surface area contributed by atoms with Crippen LogP contribution in [0.5, 0.6) is 0 Å². The van der Waals surface area contributed by atoms with Gasteiger partial charge in [0.25, 0.3) is 0 Å². The van der Waals surface area contributed by atoms with Crippen LogP contribution in [0.1, 0.15) is 17.7 Å². The van der Waals surface area contributed by atoms with Crippen LogP contribution in [-0.2, 0) is 4.65 Å². The van der Waals surface area contributed by atoms with Crippen molar-refractivity contribution in [2.45, 2.75) is 13.3 Å². The maximum Gasteiger partial charge on any atom is 0.487 e. The minimum Gasteiger partial charge on any atom is -0.465 e. The lowest BCUT2D eigenvalue weighted by Crippen LogP contribution is -2.17. The summed E-state index contributed by atoms with van der Waals surface area (Å²) in [6.07, 6.45) is 3.77. The van der Waals surface area contributed by atoms with E-state index in [-0.39, 0.29) is 11.7 Å². The highest BCUT2D eigenvalue weighted by atomic mass is 16.5. The Balaban J connectivity index is 1.87. The summed E-state index contributed by atoms with van der Waals surface area (Å²) >= 11 is 0. The highest BCUT2D eigenvalue weighted by Crippen LogP contribution is 2.38. The maximum absolute atomic E-state index is 10.9. The molecular formula is C17H16BN3O4. The third kappa shape index (κ3) is 2.69. The molecular weight excluding hydrogens is 321 g/mol. The van der Waals surface area contributed by atoms with Gasteiger partial charge in [-0.2, -0.15) is 5.10 Å². The number of fused-ring (bicyclic) bond motifs is 2. The second-order valence-electron chi connectivity index (χ2n) is 6.21. The number of allylic oxidation sites excluding steroid dienone is 3. The Morgan fingerprint density at radius 3 is 3.00 bits per heavy atom. The first-order valence-electron chi connectivity index (χ1n) is 8.02. The van der Waals surface area contributed by atoms with E-state index in [4.69, 9.17) is 9.76 Å². The fraction of sp³-hybridized carbons (Fsp3) is 0.235. The quantitative estimate of drug-likeness (QED) is 0.727. The van der Waals surface area contributed by atoms with E-state index in [1.54, 1.807) is 0 Å². The van der Waals surface area contributed by atoms with Crippen molar-refractivity contribution in [2.75, 3.05) is 11.9 Å². The minimum absolute atomic E-state index is 0.201. The summed E-state index contributed by atoms with van der Waals surface area (Å²) in [5.41, 5.74) is 3.50. The van der Waals surface area contributed by atoms with E-state index < -0.39 is 13.2 Å². The number of nitrogens with zero attached hydrogens (tertiary/aromatic N) is 2. The van der Waals surface area contributed by atoms with Crippen molar-refractivity contribution in [1.82, 2.24) is 10.2 Å². The number of hydrogen-bond acceptors (Lipinski definition) is 5. The molecule has 0 radical (unpaired) electrons. The summed E-state index contributed by atoms with van der Waals surface area (Å²) in [5.74, 6) is 0.408. The minimum atomic E-state index is -1.18. The van der Waals surface area contributed by atoms with E-state index >= 15 is 0 Å². The zero-order valence-electron chi connectivity index (χ0n) is 13.6. The van der Waals surface area contributed by atoms with Gasteiger partial charge >= 0.3 is 13.2 Å². The Bertz CT molecular complexity index is 941. The maximum atomic E-state index is 10.9. The van der Waals surface area contributed by atoms with Gasteiger partial charge < -0.3 is 14.8 Å².